The average Bonchev–Trinajstić information content (AvgIpc) is 2.48. The standard InChI is InChI=1S/C16H17N3O3/c1-18(11-13-6-3-2-4-7-13)12-16(20)17-14-8-5-9-15(10-14)19(21)22/h2-10H,11-12H2,1H3,(H,17,20). The van der Waals surface area contributed by atoms with Crippen LogP contribution in [0.3, 0.4) is 0 Å². The van der Waals surface area contributed by atoms with Gasteiger partial charge in [0.2, 0.25) is 5.91 Å². The SMILES string of the molecule is CN(CC(=O)Nc1cccc([N+](=O)[O-])c1)Cc1ccccc1. The Morgan fingerprint density at radius 2 is 1.91 bits per heavy atom. The molecule has 22 heavy (non-hydrogen) atoms. The number of nitro benzene ring substituents is 1. The number of benzene rings is 2. The Hall–Kier alpha value is -2.73. The third-order valence-corrected chi connectivity index (χ3v) is 3.05. The molecule has 0 bridgehead atoms. The summed E-state index contributed by atoms with van der Waals surface area (Å²) in [6.07, 6.45) is 0. The number of carbonyl (C=O) groups is 1. The average molecular weight is 299 g/mol. The van der Waals surface area contributed by atoms with E-state index in [1.807, 2.05) is 42.3 Å². The van der Waals surface area contributed by atoms with Crippen molar-refractivity contribution in [2.24, 2.45) is 0 Å². The fourth-order valence-electron chi connectivity index (χ4n) is 2.09. The summed E-state index contributed by atoms with van der Waals surface area (Å²) < 4.78 is 0. The van der Waals surface area contributed by atoms with Crippen LogP contribution in [-0.2, 0) is 11.3 Å². The van der Waals surface area contributed by atoms with Crippen LogP contribution in [0.4, 0.5) is 11.4 Å². The number of nitrogens with zero attached hydrogens (tertiary/aromatic N) is 2. The van der Waals surface area contributed by atoms with Gasteiger partial charge in [0, 0.05) is 24.4 Å². The first-order valence-electron chi connectivity index (χ1n) is 6.81. The van der Waals surface area contributed by atoms with E-state index >= 15 is 0 Å². The number of amides is 1. The predicted octanol–water partition coefficient (Wildman–Crippen LogP) is 2.67. The van der Waals surface area contributed by atoms with Crippen LogP contribution in [0.1, 0.15) is 5.56 Å². The highest BCUT2D eigenvalue weighted by Gasteiger charge is 2.10. The number of rotatable bonds is 6. The zero-order valence-electron chi connectivity index (χ0n) is 12.2. The van der Waals surface area contributed by atoms with Crippen LogP contribution in [0, 0.1) is 10.1 Å². The molecule has 0 aromatic heterocycles. The van der Waals surface area contributed by atoms with Crippen molar-refractivity contribution >= 4 is 17.3 Å². The Kier molecular flexibility index (Phi) is 5.21. The van der Waals surface area contributed by atoms with E-state index in [2.05, 4.69) is 5.32 Å². The number of hydrogen-bond acceptors (Lipinski definition) is 4. The maximum Gasteiger partial charge on any atom is 0.271 e. The van der Waals surface area contributed by atoms with Gasteiger partial charge in [-0.2, -0.15) is 0 Å². The number of carbonyl (C=O) groups excluding carboxylic acids is 1. The molecule has 0 aliphatic heterocycles. The van der Waals surface area contributed by atoms with Crippen LogP contribution in [0.5, 0.6) is 0 Å². The summed E-state index contributed by atoms with van der Waals surface area (Å²) in [5.74, 6) is -0.209. The summed E-state index contributed by atoms with van der Waals surface area (Å²) >= 11 is 0. The largest absolute Gasteiger partial charge is 0.325 e. The Bertz CT molecular complexity index is 659. The molecule has 114 valence electrons. The second kappa shape index (κ2) is 7.33. The molecule has 1 N–H and O–H groups in total. The van der Waals surface area contributed by atoms with Gasteiger partial charge in [-0.05, 0) is 18.7 Å². The molecule has 0 aliphatic carbocycles. The highest BCUT2D eigenvalue weighted by Crippen LogP contribution is 2.16. The Morgan fingerprint density at radius 3 is 2.59 bits per heavy atom. The van der Waals surface area contributed by atoms with Crippen LogP contribution in [0.2, 0.25) is 0 Å². The minimum absolute atomic E-state index is 0.0459. The predicted molar refractivity (Wildman–Crippen MR) is 84.5 cm³/mol. The van der Waals surface area contributed by atoms with Crippen LogP contribution in [0.15, 0.2) is 54.6 Å². The maximum absolute atomic E-state index is 12.0. The molecule has 2 aromatic carbocycles. The van der Waals surface area contributed by atoms with Crippen LogP contribution in [0.25, 0.3) is 0 Å². The van der Waals surface area contributed by atoms with E-state index in [9.17, 15) is 14.9 Å². The lowest BCUT2D eigenvalue weighted by molar-refractivity contribution is -0.384. The van der Waals surface area contributed by atoms with Gasteiger partial charge >= 0.3 is 0 Å². The zero-order chi connectivity index (χ0) is 15.9. The van der Waals surface area contributed by atoms with Gasteiger partial charge in [0.1, 0.15) is 0 Å². The number of non-ortho nitro benzene ring substituents is 1. The summed E-state index contributed by atoms with van der Waals surface area (Å²) in [6.45, 7) is 0.862. The van der Waals surface area contributed by atoms with Gasteiger partial charge in [-0.25, -0.2) is 0 Å². The van der Waals surface area contributed by atoms with E-state index in [1.165, 1.54) is 12.1 Å². The van der Waals surface area contributed by atoms with Crippen molar-refractivity contribution in [3.8, 4) is 0 Å². The summed E-state index contributed by atoms with van der Waals surface area (Å²) in [6, 6.07) is 15.7. The van der Waals surface area contributed by atoms with Gasteiger partial charge in [0.25, 0.3) is 5.69 Å². The molecule has 0 saturated carbocycles. The lowest BCUT2D eigenvalue weighted by atomic mass is 10.2. The van der Waals surface area contributed by atoms with Gasteiger partial charge in [-0.1, -0.05) is 36.4 Å². The first-order valence-corrected chi connectivity index (χ1v) is 6.81. The lowest BCUT2D eigenvalue weighted by Crippen LogP contribution is -2.29. The number of likely N-dealkylation sites (N-methyl/N-ethyl adjacent to an activating group) is 1. The minimum Gasteiger partial charge on any atom is -0.325 e. The van der Waals surface area contributed by atoms with E-state index in [0.29, 0.717) is 12.2 Å². The molecule has 0 heterocycles. The molecule has 0 aliphatic rings. The third-order valence-electron chi connectivity index (χ3n) is 3.05. The molecule has 0 atom stereocenters. The molecule has 0 saturated heterocycles. The number of anilines is 1. The van der Waals surface area contributed by atoms with Gasteiger partial charge in [-0.3, -0.25) is 19.8 Å². The van der Waals surface area contributed by atoms with Crippen molar-refractivity contribution < 1.29 is 9.72 Å². The maximum atomic E-state index is 12.0. The third kappa shape index (κ3) is 4.68. The summed E-state index contributed by atoms with van der Waals surface area (Å²) in [7, 11) is 1.85. The van der Waals surface area contributed by atoms with Crippen molar-refractivity contribution in [2.75, 3.05) is 18.9 Å². The van der Waals surface area contributed by atoms with Gasteiger partial charge in [0.05, 0.1) is 11.5 Å². The molecular formula is C16H17N3O3. The van der Waals surface area contributed by atoms with Gasteiger partial charge in [0.15, 0.2) is 0 Å². The van der Waals surface area contributed by atoms with Crippen molar-refractivity contribution in [3.63, 3.8) is 0 Å². The zero-order valence-corrected chi connectivity index (χ0v) is 12.2. The molecule has 0 fully saturated rings. The summed E-state index contributed by atoms with van der Waals surface area (Å²) in [5.41, 5.74) is 1.50. The lowest BCUT2D eigenvalue weighted by Gasteiger charge is -2.16. The molecule has 2 rings (SSSR count). The van der Waals surface area contributed by atoms with E-state index in [1.54, 1.807) is 12.1 Å². The molecule has 0 spiro atoms. The highest BCUT2D eigenvalue weighted by molar-refractivity contribution is 5.92. The van der Waals surface area contributed by atoms with Crippen LogP contribution in [-0.4, -0.2) is 29.3 Å². The molecular weight excluding hydrogens is 282 g/mol. The number of hydrogen-bond donors (Lipinski definition) is 1. The minimum atomic E-state index is -0.489. The normalized spacial score (nSPS) is 10.5. The van der Waals surface area contributed by atoms with E-state index in [-0.39, 0.29) is 18.1 Å². The molecule has 6 nitrogen and oxygen atoms in total. The molecule has 0 radical (unpaired) electrons. The van der Waals surface area contributed by atoms with Crippen molar-refractivity contribution in [3.05, 3.63) is 70.3 Å². The second-order valence-corrected chi connectivity index (χ2v) is 5.01. The van der Waals surface area contributed by atoms with Crippen LogP contribution < -0.4 is 5.32 Å². The van der Waals surface area contributed by atoms with Crippen molar-refractivity contribution in [1.29, 1.82) is 0 Å². The quantitative estimate of drug-likeness (QED) is 0.657. The van der Waals surface area contributed by atoms with E-state index in [4.69, 9.17) is 0 Å². The second-order valence-electron chi connectivity index (χ2n) is 5.01. The molecule has 1 amide bonds. The highest BCUT2D eigenvalue weighted by atomic mass is 16.6. The summed E-state index contributed by atoms with van der Waals surface area (Å²) in [4.78, 5) is 24.1. The van der Waals surface area contributed by atoms with Crippen molar-refractivity contribution in [1.82, 2.24) is 4.90 Å². The van der Waals surface area contributed by atoms with E-state index in [0.717, 1.165) is 5.56 Å². The first-order chi connectivity index (χ1) is 10.5. The fourth-order valence-corrected chi connectivity index (χ4v) is 2.09. The summed E-state index contributed by atoms with van der Waals surface area (Å²) in [5, 5.41) is 13.4. The smallest absolute Gasteiger partial charge is 0.271 e. The number of nitro groups is 1. The molecule has 6 heteroatoms. The number of nitrogens with one attached hydrogen (secondary N) is 1. The van der Waals surface area contributed by atoms with Crippen LogP contribution >= 0.6 is 0 Å². The first kappa shape index (κ1) is 15.7. The Labute approximate surface area is 128 Å². The van der Waals surface area contributed by atoms with Gasteiger partial charge in [-0.15, -0.1) is 0 Å². The van der Waals surface area contributed by atoms with E-state index < -0.39 is 4.92 Å². The monoisotopic (exact) mass is 299 g/mol. The van der Waals surface area contributed by atoms with Gasteiger partial charge < -0.3 is 5.32 Å². The topological polar surface area (TPSA) is 75.5 Å². The molecule has 2 aromatic rings. The van der Waals surface area contributed by atoms with Crippen molar-refractivity contribution in [2.45, 2.75) is 6.54 Å². The molecule has 0 unspecified atom stereocenters. The Morgan fingerprint density at radius 1 is 1.18 bits per heavy atom. The Balaban J connectivity index is 1.90. The fraction of sp³-hybridized carbons (Fsp3) is 0.188.